The molecule has 0 aliphatic heterocycles. The van der Waals surface area contributed by atoms with Gasteiger partial charge in [-0.05, 0) is 42.5 Å². The number of carbonyl (C=O) groups excluding carboxylic acids is 1. The first-order valence-corrected chi connectivity index (χ1v) is 9.42. The van der Waals surface area contributed by atoms with Crippen molar-refractivity contribution in [3.05, 3.63) is 57.5 Å². The third-order valence-corrected chi connectivity index (χ3v) is 5.54. The molecule has 2 aromatic rings. The van der Waals surface area contributed by atoms with Crippen LogP contribution in [0.4, 0.5) is 0 Å². The van der Waals surface area contributed by atoms with Crippen LogP contribution in [0.5, 0.6) is 5.75 Å². The second-order valence-electron chi connectivity index (χ2n) is 4.70. The van der Waals surface area contributed by atoms with Gasteiger partial charge in [-0.3, -0.25) is 4.79 Å². The lowest BCUT2D eigenvalue weighted by atomic mass is 10.3. The lowest BCUT2D eigenvalue weighted by Gasteiger charge is -2.21. The Hall–Kier alpha value is -1.51. The Balaban J connectivity index is 2.16. The summed E-state index contributed by atoms with van der Waals surface area (Å²) in [6.45, 7) is -0.547. The molecule has 2 rings (SSSR count). The fourth-order valence-electron chi connectivity index (χ4n) is 1.88. The highest BCUT2D eigenvalue weighted by Crippen LogP contribution is 2.27. The first kappa shape index (κ1) is 19.8. The number of nitrogens with zero attached hydrogens (tertiary/aromatic N) is 1. The van der Waals surface area contributed by atoms with Crippen LogP contribution >= 0.6 is 34.8 Å². The van der Waals surface area contributed by atoms with E-state index in [1.54, 1.807) is 0 Å². The molecular formula is C15H13Cl3N2O4S. The van der Waals surface area contributed by atoms with Crippen molar-refractivity contribution in [2.24, 2.45) is 0 Å². The van der Waals surface area contributed by atoms with Crippen molar-refractivity contribution in [3.8, 4) is 5.75 Å². The first-order valence-electron chi connectivity index (χ1n) is 6.84. The number of sulfonamides is 1. The molecule has 0 aliphatic carbocycles. The predicted octanol–water partition coefficient (Wildman–Crippen LogP) is 3.38. The molecule has 1 amide bonds. The summed E-state index contributed by atoms with van der Waals surface area (Å²) in [5, 5.41) is 0.990. The highest BCUT2D eigenvalue weighted by Gasteiger charge is 2.29. The lowest BCUT2D eigenvalue weighted by molar-refractivity contribution is -0.130. The molecule has 0 saturated heterocycles. The number of halogens is 3. The number of ether oxygens (including phenoxy) is 1. The van der Waals surface area contributed by atoms with E-state index >= 15 is 0 Å². The van der Waals surface area contributed by atoms with Crippen LogP contribution in [-0.4, -0.2) is 32.4 Å². The smallest absolute Gasteiger partial charge is 0.288 e. The number of rotatable bonds is 6. The van der Waals surface area contributed by atoms with Gasteiger partial charge < -0.3 is 4.74 Å². The van der Waals surface area contributed by atoms with Gasteiger partial charge in [0.25, 0.3) is 15.9 Å². The van der Waals surface area contributed by atoms with Crippen molar-refractivity contribution in [3.63, 3.8) is 0 Å². The van der Waals surface area contributed by atoms with E-state index in [9.17, 15) is 13.2 Å². The van der Waals surface area contributed by atoms with Crippen molar-refractivity contribution < 1.29 is 17.9 Å². The number of amides is 1. The Morgan fingerprint density at radius 2 is 1.68 bits per heavy atom. The average Bonchev–Trinajstić information content (AvgIpc) is 2.55. The molecule has 0 atom stereocenters. The Bertz CT molecular complexity index is 873. The highest BCUT2D eigenvalue weighted by molar-refractivity contribution is 7.89. The highest BCUT2D eigenvalue weighted by atomic mass is 35.5. The minimum Gasteiger partial charge on any atom is -0.482 e. The molecule has 0 unspecified atom stereocenters. The zero-order chi connectivity index (χ0) is 18.6. The Morgan fingerprint density at radius 3 is 2.24 bits per heavy atom. The molecule has 6 nitrogen and oxygen atoms in total. The third kappa shape index (κ3) is 4.77. The van der Waals surface area contributed by atoms with Gasteiger partial charge >= 0.3 is 0 Å². The van der Waals surface area contributed by atoms with E-state index in [0.717, 1.165) is 0 Å². The summed E-state index contributed by atoms with van der Waals surface area (Å²) in [5.74, 6) is -0.622. The zero-order valence-electron chi connectivity index (χ0n) is 12.9. The number of hydrogen-bond acceptors (Lipinski definition) is 5. The van der Waals surface area contributed by atoms with Gasteiger partial charge in [0.2, 0.25) is 0 Å². The molecule has 2 aromatic carbocycles. The van der Waals surface area contributed by atoms with Crippen molar-refractivity contribution in [1.29, 1.82) is 0 Å². The summed E-state index contributed by atoms with van der Waals surface area (Å²) in [4.78, 5) is 12.2. The van der Waals surface area contributed by atoms with Gasteiger partial charge in [0.05, 0.1) is 9.92 Å². The first-order chi connectivity index (χ1) is 11.8. The van der Waals surface area contributed by atoms with Crippen LogP contribution in [-0.2, 0) is 14.8 Å². The largest absolute Gasteiger partial charge is 0.482 e. The second-order valence-corrected chi connectivity index (χ2v) is 7.77. The van der Waals surface area contributed by atoms with E-state index in [1.807, 2.05) is 0 Å². The van der Waals surface area contributed by atoms with Crippen LogP contribution in [0, 0.1) is 0 Å². The Labute approximate surface area is 160 Å². The number of nitrogens with one attached hydrogen (secondary N) is 1. The van der Waals surface area contributed by atoms with E-state index < -0.39 is 22.5 Å². The summed E-state index contributed by atoms with van der Waals surface area (Å²) < 4.78 is 30.8. The molecule has 1 N–H and O–H groups in total. The molecule has 0 aromatic heterocycles. The maximum Gasteiger partial charge on any atom is 0.288 e. The standard InChI is InChI=1S/C15H13Cl3N2O4S/c1-19-20(25(22,23)12-5-2-10(16)3-6-12)15(21)9-24-14-7-4-11(17)8-13(14)18/h2-8,19H,9H2,1H3. The summed E-state index contributed by atoms with van der Waals surface area (Å²) in [5.41, 5.74) is 2.34. The van der Waals surface area contributed by atoms with Gasteiger partial charge in [-0.2, -0.15) is 12.8 Å². The molecule has 0 radical (unpaired) electrons. The maximum absolute atomic E-state index is 12.5. The molecule has 0 saturated carbocycles. The minimum absolute atomic E-state index is 0.0934. The fraction of sp³-hybridized carbons (Fsp3) is 0.133. The van der Waals surface area contributed by atoms with Gasteiger partial charge in [-0.15, -0.1) is 0 Å². The maximum atomic E-state index is 12.5. The molecule has 134 valence electrons. The zero-order valence-corrected chi connectivity index (χ0v) is 16.0. The van der Waals surface area contributed by atoms with Gasteiger partial charge in [0.15, 0.2) is 6.61 Å². The number of benzene rings is 2. The molecule has 0 spiro atoms. The van der Waals surface area contributed by atoms with Gasteiger partial charge in [-0.25, -0.2) is 5.43 Å². The molecule has 0 bridgehead atoms. The summed E-state index contributed by atoms with van der Waals surface area (Å²) >= 11 is 17.5. The number of hydrogen-bond donors (Lipinski definition) is 1. The van der Waals surface area contributed by atoms with Crippen LogP contribution in [0.2, 0.25) is 15.1 Å². The molecular weight excluding hydrogens is 411 g/mol. The Morgan fingerprint density at radius 1 is 1.08 bits per heavy atom. The average molecular weight is 424 g/mol. The SMILES string of the molecule is CNN(C(=O)COc1ccc(Cl)cc1Cl)S(=O)(=O)c1ccc(Cl)cc1. The van der Waals surface area contributed by atoms with Crippen LogP contribution < -0.4 is 10.2 Å². The van der Waals surface area contributed by atoms with E-state index in [0.29, 0.717) is 14.5 Å². The van der Waals surface area contributed by atoms with Crippen molar-refractivity contribution >= 4 is 50.7 Å². The van der Waals surface area contributed by atoms with E-state index in [4.69, 9.17) is 39.5 Å². The fourth-order valence-corrected chi connectivity index (χ4v) is 3.72. The van der Waals surface area contributed by atoms with Gasteiger partial charge in [-0.1, -0.05) is 34.8 Å². The number of hydrazine groups is 1. The molecule has 0 fully saturated rings. The number of carbonyl (C=O) groups is 1. The van der Waals surface area contributed by atoms with Crippen LogP contribution in [0.3, 0.4) is 0 Å². The molecule has 0 aliphatic rings. The third-order valence-electron chi connectivity index (χ3n) is 3.03. The molecule has 25 heavy (non-hydrogen) atoms. The van der Waals surface area contributed by atoms with E-state index in [1.165, 1.54) is 49.5 Å². The normalized spacial score (nSPS) is 11.2. The molecule has 0 heterocycles. The van der Waals surface area contributed by atoms with Crippen LogP contribution in [0.25, 0.3) is 0 Å². The van der Waals surface area contributed by atoms with Crippen molar-refractivity contribution in [2.75, 3.05) is 13.7 Å². The lowest BCUT2D eigenvalue weighted by Crippen LogP contribution is -2.47. The quantitative estimate of drug-likeness (QED) is 0.721. The van der Waals surface area contributed by atoms with Crippen LogP contribution in [0.1, 0.15) is 0 Å². The van der Waals surface area contributed by atoms with Gasteiger partial charge in [0, 0.05) is 17.1 Å². The molecule has 10 heteroatoms. The minimum atomic E-state index is -4.11. The monoisotopic (exact) mass is 422 g/mol. The topological polar surface area (TPSA) is 75.7 Å². The van der Waals surface area contributed by atoms with E-state index in [2.05, 4.69) is 5.43 Å². The van der Waals surface area contributed by atoms with Crippen molar-refractivity contribution in [1.82, 2.24) is 9.84 Å². The Kier molecular flexibility index (Phi) is 6.53. The second kappa shape index (κ2) is 8.25. The van der Waals surface area contributed by atoms with Crippen molar-refractivity contribution in [2.45, 2.75) is 4.90 Å². The van der Waals surface area contributed by atoms with Crippen LogP contribution in [0.15, 0.2) is 47.4 Å². The summed E-state index contributed by atoms with van der Waals surface area (Å²) in [7, 11) is -2.80. The van der Waals surface area contributed by atoms with E-state index in [-0.39, 0.29) is 15.7 Å². The van der Waals surface area contributed by atoms with Gasteiger partial charge in [0.1, 0.15) is 5.75 Å². The predicted molar refractivity (Wildman–Crippen MR) is 96.5 cm³/mol. The summed E-state index contributed by atoms with van der Waals surface area (Å²) in [6, 6.07) is 9.89. The summed E-state index contributed by atoms with van der Waals surface area (Å²) in [6.07, 6.45) is 0.